The first-order chi connectivity index (χ1) is 8.19. The molecule has 1 aliphatic rings. The van der Waals surface area contributed by atoms with Gasteiger partial charge in [-0.25, -0.2) is 0 Å². The van der Waals surface area contributed by atoms with Crippen molar-refractivity contribution in [2.24, 2.45) is 5.92 Å². The van der Waals surface area contributed by atoms with E-state index in [9.17, 15) is 0 Å². The van der Waals surface area contributed by atoms with E-state index in [2.05, 4.69) is 37.9 Å². The summed E-state index contributed by atoms with van der Waals surface area (Å²) >= 11 is 0. The van der Waals surface area contributed by atoms with E-state index in [-0.39, 0.29) is 0 Å². The van der Waals surface area contributed by atoms with Crippen molar-refractivity contribution in [3.63, 3.8) is 0 Å². The maximum Gasteiger partial charge on any atom is 0.0223 e. The minimum absolute atomic E-state index is 0.770. The largest absolute Gasteiger partial charge is 0.315 e. The fourth-order valence-electron chi connectivity index (χ4n) is 2.51. The molecule has 102 valence electrons. The number of hydrogen-bond acceptors (Lipinski definition) is 2. The lowest BCUT2D eigenvalue weighted by Crippen LogP contribution is -2.44. The van der Waals surface area contributed by atoms with Crippen molar-refractivity contribution in [2.45, 2.75) is 71.9 Å². The Kier molecular flexibility index (Phi) is 7.14. The van der Waals surface area contributed by atoms with Crippen LogP contribution >= 0.6 is 0 Å². The molecule has 1 saturated carbocycles. The highest BCUT2D eigenvalue weighted by molar-refractivity contribution is 4.89. The molecule has 0 bridgehead atoms. The Morgan fingerprint density at radius 3 is 2.35 bits per heavy atom. The minimum atomic E-state index is 0.770. The maximum absolute atomic E-state index is 3.54. The standard InChI is InChI=1S/C15H32N2/c1-5-7-15(12-16-6-2)17(14-8-9-14)11-10-13(3)4/h13-16H,5-12H2,1-4H3. The molecule has 0 aliphatic heterocycles. The molecule has 0 radical (unpaired) electrons. The van der Waals surface area contributed by atoms with Crippen LogP contribution < -0.4 is 5.32 Å². The number of nitrogens with zero attached hydrogens (tertiary/aromatic N) is 1. The van der Waals surface area contributed by atoms with Crippen LogP contribution in [0.5, 0.6) is 0 Å². The molecule has 0 amide bonds. The van der Waals surface area contributed by atoms with Gasteiger partial charge in [0, 0.05) is 18.6 Å². The molecule has 1 unspecified atom stereocenters. The monoisotopic (exact) mass is 240 g/mol. The summed E-state index contributed by atoms with van der Waals surface area (Å²) in [5.41, 5.74) is 0. The van der Waals surface area contributed by atoms with Crippen LogP contribution in [0.15, 0.2) is 0 Å². The molecule has 0 aromatic carbocycles. The third-order valence-electron chi connectivity index (χ3n) is 3.70. The van der Waals surface area contributed by atoms with Crippen LogP contribution in [-0.2, 0) is 0 Å². The van der Waals surface area contributed by atoms with Gasteiger partial charge in [-0.15, -0.1) is 0 Å². The van der Waals surface area contributed by atoms with Crippen LogP contribution in [0.2, 0.25) is 0 Å². The van der Waals surface area contributed by atoms with Crippen molar-refractivity contribution in [1.29, 1.82) is 0 Å². The third kappa shape index (κ3) is 5.87. The van der Waals surface area contributed by atoms with Crippen molar-refractivity contribution in [3.8, 4) is 0 Å². The average Bonchev–Trinajstić information content (AvgIpc) is 3.09. The Hall–Kier alpha value is -0.0800. The lowest BCUT2D eigenvalue weighted by atomic mass is 10.1. The van der Waals surface area contributed by atoms with Crippen molar-refractivity contribution in [3.05, 3.63) is 0 Å². The molecule has 1 N–H and O–H groups in total. The molecule has 0 spiro atoms. The highest BCUT2D eigenvalue weighted by Gasteiger charge is 2.32. The summed E-state index contributed by atoms with van der Waals surface area (Å²) in [4.78, 5) is 2.80. The molecule has 0 aromatic heterocycles. The Bertz CT molecular complexity index is 187. The molecule has 1 fully saturated rings. The Morgan fingerprint density at radius 1 is 1.18 bits per heavy atom. The first-order valence-electron chi connectivity index (χ1n) is 7.65. The van der Waals surface area contributed by atoms with Gasteiger partial charge in [-0.2, -0.15) is 0 Å². The maximum atomic E-state index is 3.54. The number of nitrogens with one attached hydrogen (secondary N) is 1. The molecule has 0 heterocycles. The number of rotatable bonds is 10. The molecular weight excluding hydrogens is 208 g/mol. The lowest BCUT2D eigenvalue weighted by Gasteiger charge is -2.32. The average molecular weight is 240 g/mol. The topological polar surface area (TPSA) is 15.3 Å². The van der Waals surface area contributed by atoms with E-state index in [4.69, 9.17) is 0 Å². The highest BCUT2D eigenvalue weighted by atomic mass is 15.2. The quantitative estimate of drug-likeness (QED) is 0.630. The summed E-state index contributed by atoms with van der Waals surface area (Å²) in [6.07, 6.45) is 6.88. The van der Waals surface area contributed by atoms with E-state index in [1.807, 2.05) is 0 Å². The van der Waals surface area contributed by atoms with Crippen molar-refractivity contribution in [2.75, 3.05) is 19.6 Å². The molecular formula is C15H32N2. The van der Waals surface area contributed by atoms with Crippen LogP contribution in [0.4, 0.5) is 0 Å². The molecule has 2 nitrogen and oxygen atoms in total. The highest BCUT2D eigenvalue weighted by Crippen LogP contribution is 2.30. The van der Waals surface area contributed by atoms with Gasteiger partial charge < -0.3 is 5.32 Å². The smallest absolute Gasteiger partial charge is 0.0223 e. The molecule has 1 atom stereocenters. The van der Waals surface area contributed by atoms with Crippen LogP contribution in [-0.4, -0.2) is 36.6 Å². The summed E-state index contributed by atoms with van der Waals surface area (Å²) in [5.74, 6) is 0.831. The SMILES string of the molecule is CCCC(CNCC)N(CCC(C)C)C1CC1. The van der Waals surface area contributed by atoms with Gasteiger partial charge in [0.15, 0.2) is 0 Å². The van der Waals surface area contributed by atoms with Crippen LogP contribution in [0, 0.1) is 5.92 Å². The third-order valence-corrected chi connectivity index (χ3v) is 3.70. The van der Waals surface area contributed by atoms with Gasteiger partial charge in [-0.3, -0.25) is 4.90 Å². The fourth-order valence-corrected chi connectivity index (χ4v) is 2.51. The molecule has 1 aliphatic carbocycles. The normalized spacial score (nSPS) is 18.0. The Morgan fingerprint density at radius 2 is 1.88 bits per heavy atom. The zero-order valence-electron chi connectivity index (χ0n) is 12.3. The Labute approximate surface area is 108 Å². The van der Waals surface area contributed by atoms with E-state index < -0.39 is 0 Å². The van der Waals surface area contributed by atoms with Crippen molar-refractivity contribution >= 4 is 0 Å². The molecule has 2 heteroatoms. The summed E-state index contributed by atoms with van der Waals surface area (Å²) in [6.45, 7) is 12.8. The summed E-state index contributed by atoms with van der Waals surface area (Å²) in [5, 5.41) is 3.54. The zero-order chi connectivity index (χ0) is 12.7. The van der Waals surface area contributed by atoms with Gasteiger partial charge in [0.05, 0.1) is 0 Å². The summed E-state index contributed by atoms with van der Waals surface area (Å²) < 4.78 is 0. The van der Waals surface area contributed by atoms with Crippen LogP contribution in [0.1, 0.15) is 59.8 Å². The van der Waals surface area contributed by atoms with Crippen molar-refractivity contribution < 1.29 is 0 Å². The summed E-state index contributed by atoms with van der Waals surface area (Å²) in [7, 11) is 0. The fraction of sp³-hybridized carbons (Fsp3) is 1.00. The van der Waals surface area contributed by atoms with Crippen molar-refractivity contribution in [1.82, 2.24) is 10.2 Å². The predicted octanol–water partition coefficient (Wildman–Crippen LogP) is 3.28. The Balaban J connectivity index is 2.44. The lowest BCUT2D eigenvalue weighted by molar-refractivity contribution is 0.163. The first kappa shape index (κ1) is 15.0. The van der Waals surface area contributed by atoms with E-state index in [0.29, 0.717) is 0 Å². The van der Waals surface area contributed by atoms with Gasteiger partial charge in [0.25, 0.3) is 0 Å². The molecule has 0 aromatic rings. The number of hydrogen-bond donors (Lipinski definition) is 1. The second-order valence-corrected chi connectivity index (χ2v) is 5.90. The van der Waals surface area contributed by atoms with Crippen LogP contribution in [0.3, 0.4) is 0 Å². The van der Waals surface area contributed by atoms with E-state index in [1.165, 1.54) is 45.2 Å². The molecule has 0 saturated heterocycles. The van der Waals surface area contributed by atoms with E-state index in [1.54, 1.807) is 0 Å². The van der Waals surface area contributed by atoms with Crippen LogP contribution in [0.25, 0.3) is 0 Å². The first-order valence-corrected chi connectivity index (χ1v) is 7.65. The minimum Gasteiger partial charge on any atom is -0.315 e. The van der Waals surface area contributed by atoms with Gasteiger partial charge in [-0.05, 0) is 44.7 Å². The molecule has 17 heavy (non-hydrogen) atoms. The zero-order valence-corrected chi connectivity index (χ0v) is 12.3. The van der Waals surface area contributed by atoms with E-state index in [0.717, 1.165) is 24.5 Å². The predicted molar refractivity (Wildman–Crippen MR) is 76.4 cm³/mol. The van der Waals surface area contributed by atoms with Gasteiger partial charge >= 0.3 is 0 Å². The number of likely N-dealkylation sites (N-methyl/N-ethyl adjacent to an activating group) is 1. The summed E-state index contributed by atoms with van der Waals surface area (Å²) in [6, 6.07) is 1.68. The van der Waals surface area contributed by atoms with Gasteiger partial charge in [0.2, 0.25) is 0 Å². The second-order valence-electron chi connectivity index (χ2n) is 5.90. The second kappa shape index (κ2) is 8.10. The van der Waals surface area contributed by atoms with Gasteiger partial charge in [0.1, 0.15) is 0 Å². The van der Waals surface area contributed by atoms with E-state index >= 15 is 0 Å². The molecule has 1 rings (SSSR count). The van der Waals surface area contributed by atoms with Gasteiger partial charge in [-0.1, -0.05) is 34.1 Å².